The summed E-state index contributed by atoms with van der Waals surface area (Å²) in [6.45, 7) is 6.40. The minimum atomic E-state index is -0.251. The Hall–Kier alpha value is -1.75. The Balaban J connectivity index is 1.57. The number of ether oxygens (including phenoxy) is 2. The molecule has 114 valence electrons. The Bertz CT molecular complexity index is 550. The highest BCUT2D eigenvalue weighted by molar-refractivity contribution is 5.68. The van der Waals surface area contributed by atoms with Gasteiger partial charge in [0.2, 0.25) is 0 Å². The second-order valence-corrected chi connectivity index (χ2v) is 6.40. The minimum Gasteiger partial charge on any atom is -0.487 e. The number of hydrogen-bond donors (Lipinski definition) is 1. The summed E-state index contributed by atoms with van der Waals surface area (Å²) in [4.78, 5) is 13.0. The number of hydrogen-bond acceptors (Lipinski definition) is 4. The number of para-hydroxylation sites is 1. The van der Waals surface area contributed by atoms with Crippen molar-refractivity contribution in [2.75, 3.05) is 20.2 Å². The Kier molecular flexibility index (Phi) is 3.53. The van der Waals surface area contributed by atoms with Crippen molar-refractivity contribution in [3.63, 3.8) is 0 Å². The van der Waals surface area contributed by atoms with Crippen LogP contribution in [0.25, 0.3) is 0 Å². The van der Waals surface area contributed by atoms with E-state index in [0.717, 1.165) is 18.7 Å². The molecule has 0 atom stereocenters. The molecule has 2 heterocycles. The van der Waals surface area contributed by atoms with E-state index >= 15 is 0 Å². The molecule has 1 aromatic carbocycles. The first kappa shape index (κ1) is 14.2. The second-order valence-electron chi connectivity index (χ2n) is 6.40. The summed E-state index contributed by atoms with van der Waals surface area (Å²) in [6, 6.07) is 6.65. The van der Waals surface area contributed by atoms with Crippen molar-refractivity contribution in [3.05, 3.63) is 29.3 Å². The number of nitrogens with one attached hydrogen (secondary N) is 1. The van der Waals surface area contributed by atoms with Crippen molar-refractivity contribution < 1.29 is 14.3 Å². The SMILES string of the molecule is COC(=O)N1CC(NCc2cccc3c2OC(C)(C)C3)C1. The van der Waals surface area contributed by atoms with Crippen LogP contribution in [0.2, 0.25) is 0 Å². The van der Waals surface area contributed by atoms with Gasteiger partial charge in [-0.05, 0) is 19.4 Å². The van der Waals surface area contributed by atoms with E-state index in [2.05, 4.69) is 42.1 Å². The number of amides is 1. The van der Waals surface area contributed by atoms with E-state index in [1.54, 1.807) is 4.90 Å². The van der Waals surface area contributed by atoms with Gasteiger partial charge >= 0.3 is 6.09 Å². The van der Waals surface area contributed by atoms with Crippen LogP contribution >= 0.6 is 0 Å². The van der Waals surface area contributed by atoms with E-state index in [4.69, 9.17) is 4.74 Å². The average molecular weight is 290 g/mol. The first-order chi connectivity index (χ1) is 9.98. The van der Waals surface area contributed by atoms with Gasteiger partial charge < -0.3 is 19.7 Å². The first-order valence-electron chi connectivity index (χ1n) is 7.34. The molecule has 5 nitrogen and oxygen atoms in total. The molecule has 1 saturated heterocycles. The molecule has 0 aliphatic carbocycles. The highest BCUT2D eigenvalue weighted by Crippen LogP contribution is 2.37. The number of rotatable bonds is 3. The number of fused-ring (bicyclic) bond motifs is 1. The zero-order chi connectivity index (χ0) is 15.0. The maximum Gasteiger partial charge on any atom is 0.409 e. The molecule has 1 N–H and O–H groups in total. The summed E-state index contributed by atoms with van der Waals surface area (Å²) in [7, 11) is 1.41. The van der Waals surface area contributed by atoms with E-state index in [0.29, 0.717) is 19.1 Å². The Morgan fingerprint density at radius 3 is 2.95 bits per heavy atom. The molecular weight excluding hydrogens is 268 g/mol. The average Bonchev–Trinajstić information content (AvgIpc) is 2.71. The lowest BCUT2D eigenvalue weighted by Gasteiger charge is -2.38. The lowest BCUT2D eigenvalue weighted by molar-refractivity contribution is 0.0796. The van der Waals surface area contributed by atoms with Gasteiger partial charge in [0, 0.05) is 37.7 Å². The predicted octanol–water partition coefficient (Wildman–Crippen LogP) is 1.94. The van der Waals surface area contributed by atoms with E-state index in [1.807, 2.05) is 0 Å². The quantitative estimate of drug-likeness (QED) is 0.924. The normalized spacial score (nSPS) is 19.7. The van der Waals surface area contributed by atoms with Crippen LogP contribution in [0.4, 0.5) is 4.79 Å². The van der Waals surface area contributed by atoms with Crippen LogP contribution in [0.15, 0.2) is 18.2 Å². The summed E-state index contributed by atoms with van der Waals surface area (Å²) in [6.07, 6.45) is 0.703. The van der Waals surface area contributed by atoms with Crippen LogP contribution in [0.3, 0.4) is 0 Å². The number of nitrogens with zero attached hydrogens (tertiary/aromatic N) is 1. The van der Waals surface area contributed by atoms with Gasteiger partial charge in [0.05, 0.1) is 7.11 Å². The summed E-state index contributed by atoms with van der Waals surface area (Å²) in [5.74, 6) is 1.03. The van der Waals surface area contributed by atoms with Gasteiger partial charge in [-0.15, -0.1) is 0 Å². The molecule has 0 aromatic heterocycles. The fraction of sp³-hybridized carbons (Fsp3) is 0.562. The third-order valence-corrected chi connectivity index (χ3v) is 4.07. The van der Waals surface area contributed by atoms with Crippen LogP contribution < -0.4 is 10.1 Å². The molecule has 5 heteroatoms. The number of methoxy groups -OCH3 is 1. The van der Waals surface area contributed by atoms with Gasteiger partial charge in [-0.1, -0.05) is 18.2 Å². The Morgan fingerprint density at radius 2 is 2.24 bits per heavy atom. The summed E-state index contributed by atoms with van der Waals surface area (Å²) >= 11 is 0. The minimum absolute atomic E-state index is 0.114. The van der Waals surface area contributed by atoms with Crippen molar-refractivity contribution in [1.29, 1.82) is 0 Å². The molecule has 0 bridgehead atoms. The van der Waals surface area contributed by atoms with E-state index in [-0.39, 0.29) is 11.7 Å². The molecule has 0 spiro atoms. The summed E-state index contributed by atoms with van der Waals surface area (Å²) < 4.78 is 10.7. The zero-order valence-corrected chi connectivity index (χ0v) is 12.8. The van der Waals surface area contributed by atoms with E-state index < -0.39 is 0 Å². The van der Waals surface area contributed by atoms with Crippen LogP contribution in [-0.4, -0.2) is 42.8 Å². The van der Waals surface area contributed by atoms with Crippen LogP contribution in [-0.2, 0) is 17.7 Å². The largest absolute Gasteiger partial charge is 0.487 e. The molecule has 21 heavy (non-hydrogen) atoms. The molecule has 0 unspecified atom stereocenters. The molecule has 3 rings (SSSR count). The second kappa shape index (κ2) is 5.22. The van der Waals surface area contributed by atoms with Crippen molar-refractivity contribution in [2.24, 2.45) is 0 Å². The van der Waals surface area contributed by atoms with Crippen LogP contribution in [0, 0.1) is 0 Å². The van der Waals surface area contributed by atoms with Gasteiger partial charge in [0.15, 0.2) is 0 Å². The van der Waals surface area contributed by atoms with Gasteiger partial charge in [0.25, 0.3) is 0 Å². The maximum absolute atomic E-state index is 11.3. The van der Waals surface area contributed by atoms with Crippen molar-refractivity contribution >= 4 is 6.09 Å². The summed E-state index contributed by atoms with van der Waals surface area (Å²) in [5.41, 5.74) is 2.36. The monoisotopic (exact) mass is 290 g/mol. The summed E-state index contributed by atoms with van der Waals surface area (Å²) in [5, 5.41) is 3.47. The number of likely N-dealkylation sites (tertiary alicyclic amines) is 1. The third kappa shape index (κ3) is 2.83. The highest BCUT2D eigenvalue weighted by Gasteiger charge is 2.33. The maximum atomic E-state index is 11.3. The van der Waals surface area contributed by atoms with Crippen LogP contribution in [0.1, 0.15) is 25.0 Å². The van der Waals surface area contributed by atoms with E-state index in [1.165, 1.54) is 18.2 Å². The fourth-order valence-corrected chi connectivity index (χ4v) is 2.96. The smallest absolute Gasteiger partial charge is 0.409 e. The first-order valence-corrected chi connectivity index (χ1v) is 7.34. The highest BCUT2D eigenvalue weighted by atomic mass is 16.5. The molecular formula is C16H22N2O3. The van der Waals surface area contributed by atoms with Crippen molar-refractivity contribution in [2.45, 2.75) is 38.5 Å². The molecule has 1 aromatic rings. The van der Waals surface area contributed by atoms with Gasteiger partial charge in [-0.2, -0.15) is 0 Å². The number of carbonyl (C=O) groups is 1. The molecule has 2 aliphatic rings. The van der Waals surface area contributed by atoms with Gasteiger partial charge in [-0.25, -0.2) is 4.79 Å². The van der Waals surface area contributed by atoms with Gasteiger partial charge in [-0.3, -0.25) is 0 Å². The van der Waals surface area contributed by atoms with Crippen LogP contribution in [0.5, 0.6) is 5.75 Å². The molecule has 0 radical (unpaired) electrons. The van der Waals surface area contributed by atoms with Crippen molar-refractivity contribution in [3.8, 4) is 5.75 Å². The van der Waals surface area contributed by atoms with Crippen molar-refractivity contribution in [1.82, 2.24) is 10.2 Å². The predicted molar refractivity (Wildman–Crippen MR) is 79.5 cm³/mol. The number of benzene rings is 1. The third-order valence-electron chi connectivity index (χ3n) is 4.07. The number of carbonyl (C=O) groups excluding carboxylic acids is 1. The fourth-order valence-electron chi connectivity index (χ4n) is 2.96. The molecule has 0 saturated carbocycles. The molecule has 1 amide bonds. The molecule has 2 aliphatic heterocycles. The standard InChI is InChI=1S/C16H22N2O3/c1-16(2)7-11-5-4-6-12(14(11)21-16)8-17-13-9-18(10-13)15(19)20-3/h4-6,13,17H,7-10H2,1-3H3. The topological polar surface area (TPSA) is 50.8 Å². The molecule has 1 fully saturated rings. The Morgan fingerprint density at radius 1 is 1.48 bits per heavy atom. The van der Waals surface area contributed by atoms with E-state index in [9.17, 15) is 4.79 Å². The lowest BCUT2D eigenvalue weighted by Crippen LogP contribution is -2.59. The zero-order valence-electron chi connectivity index (χ0n) is 12.8. The van der Waals surface area contributed by atoms with Gasteiger partial charge in [0.1, 0.15) is 11.4 Å². The lowest BCUT2D eigenvalue weighted by atomic mass is 10.0. The Labute approximate surface area is 125 Å².